The number of hydrogen-bond acceptors (Lipinski definition) is 3. The van der Waals surface area contributed by atoms with Crippen molar-refractivity contribution in [1.82, 2.24) is 10.2 Å². The molecule has 1 saturated carbocycles. The third kappa shape index (κ3) is 3.09. The molecule has 3 amide bonds. The van der Waals surface area contributed by atoms with Crippen LogP contribution in [0.25, 0.3) is 17.4 Å². The van der Waals surface area contributed by atoms with Gasteiger partial charge in [-0.15, -0.1) is 0 Å². The first-order chi connectivity index (χ1) is 12.2. The summed E-state index contributed by atoms with van der Waals surface area (Å²) in [6, 6.07) is 13.1. The number of furan rings is 1. The maximum absolute atomic E-state index is 12.6. The summed E-state index contributed by atoms with van der Waals surface area (Å²) in [5.41, 5.74) is 1.25. The average molecular weight is 336 g/mol. The number of rotatable bonds is 3. The van der Waals surface area contributed by atoms with Gasteiger partial charge in [-0.05, 0) is 25.0 Å². The molecule has 5 nitrogen and oxygen atoms in total. The lowest BCUT2D eigenvalue weighted by atomic mass is 9.94. The number of urea groups is 1. The Morgan fingerprint density at radius 1 is 1.00 bits per heavy atom. The molecule has 5 heteroatoms. The number of hydrogen-bond donors (Lipinski definition) is 1. The smallest absolute Gasteiger partial charge is 0.329 e. The molecule has 1 saturated heterocycles. The van der Waals surface area contributed by atoms with E-state index in [2.05, 4.69) is 5.32 Å². The molecule has 1 aliphatic carbocycles. The first kappa shape index (κ1) is 15.7. The zero-order valence-electron chi connectivity index (χ0n) is 13.9. The van der Waals surface area contributed by atoms with Crippen molar-refractivity contribution >= 4 is 18.0 Å². The molecule has 25 heavy (non-hydrogen) atoms. The summed E-state index contributed by atoms with van der Waals surface area (Å²) in [5.74, 6) is 1.02. The van der Waals surface area contributed by atoms with E-state index in [1.165, 1.54) is 11.3 Å². The topological polar surface area (TPSA) is 62.6 Å². The molecule has 128 valence electrons. The molecule has 2 aliphatic rings. The fraction of sp³-hybridized carbons (Fsp3) is 0.300. The van der Waals surface area contributed by atoms with Gasteiger partial charge in [-0.2, -0.15) is 0 Å². The lowest BCUT2D eigenvalue weighted by Crippen LogP contribution is -2.41. The largest absolute Gasteiger partial charge is 0.457 e. The van der Waals surface area contributed by atoms with Gasteiger partial charge in [0.15, 0.2) is 0 Å². The van der Waals surface area contributed by atoms with Crippen LogP contribution in [0.3, 0.4) is 0 Å². The van der Waals surface area contributed by atoms with Gasteiger partial charge in [-0.3, -0.25) is 9.69 Å². The summed E-state index contributed by atoms with van der Waals surface area (Å²) in [5, 5.41) is 2.69. The van der Waals surface area contributed by atoms with Crippen molar-refractivity contribution in [2.75, 3.05) is 0 Å². The molecule has 1 aromatic heterocycles. The Morgan fingerprint density at radius 3 is 2.52 bits per heavy atom. The molecular weight excluding hydrogens is 316 g/mol. The Labute approximate surface area is 146 Å². The Morgan fingerprint density at radius 2 is 1.76 bits per heavy atom. The van der Waals surface area contributed by atoms with E-state index in [1.807, 2.05) is 36.4 Å². The predicted molar refractivity (Wildman–Crippen MR) is 94.4 cm³/mol. The van der Waals surface area contributed by atoms with Crippen molar-refractivity contribution in [2.24, 2.45) is 0 Å². The monoisotopic (exact) mass is 336 g/mol. The minimum Gasteiger partial charge on any atom is -0.457 e. The van der Waals surface area contributed by atoms with E-state index in [1.54, 1.807) is 12.1 Å². The van der Waals surface area contributed by atoms with Crippen molar-refractivity contribution in [3.63, 3.8) is 0 Å². The Balaban J connectivity index is 1.55. The number of carbonyl (C=O) groups excluding carboxylic acids is 2. The molecule has 1 aliphatic heterocycles. The van der Waals surface area contributed by atoms with Crippen molar-refractivity contribution in [1.29, 1.82) is 0 Å². The predicted octanol–water partition coefficient (Wildman–Crippen LogP) is 4.17. The van der Waals surface area contributed by atoms with Gasteiger partial charge in [0, 0.05) is 17.7 Å². The van der Waals surface area contributed by atoms with Gasteiger partial charge in [-0.1, -0.05) is 49.6 Å². The fourth-order valence-corrected chi connectivity index (χ4v) is 3.55. The second kappa shape index (κ2) is 6.59. The van der Waals surface area contributed by atoms with Gasteiger partial charge in [0.1, 0.15) is 17.2 Å². The van der Waals surface area contributed by atoms with E-state index in [0.29, 0.717) is 5.76 Å². The lowest BCUT2D eigenvalue weighted by Gasteiger charge is -2.28. The van der Waals surface area contributed by atoms with Crippen LogP contribution in [0.2, 0.25) is 0 Å². The van der Waals surface area contributed by atoms with Gasteiger partial charge in [0.25, 0.3) is 5.91 Å². The Bertz CT molecular complexity index is 816. The fourth-order valence-electron chi connectivity index (χ4n) is 3.55. The summed E-state index contributed by atoms with van der Waals surface area (Å²) in [6.07, 6.45) is 6.71. The van der Waals surface area contributed by atoms with Crippen LogP contribution in [0.15, 0.2) is 52.6 Å². The Hall–Kier alpha value is -2.82. The highest BCUT2D eigenvalue weighted by Gasteiger charge is 2.39. The first-order valence-electron chi connectivity index (χ1n) is 8.74. The normalized spacial score (nSPS) is 20.3. The van der Waals surface area contributed by atoms with Crippen molar-refractivity contribution < 1.29 is 14.0 Å². The molecule has 0 unspecified atom stereocenters. The van der Waals surface area contributed by atoms with Crippen LogP contribution < -0.4 is 5.32 Å². The molecule has 4 rings (SSSR count). The Kier molecular flexibility index (Phi) is 4.14. The molecule has 0 spiro atoms. The van der Waals surface area contributed by atoms with Gasteiger partial charge >= 0.3 is 6.03 Å². The standard InChI is InChI=1S/C20H20N2O3/c23-19-17(21-20(24)22(19)15-9-5-2-6-10-15)13-16-11-12-18(25-16)14-7-3-1-4-8-14/h1,3-4,7-8,11-13,15H,2,5-6,9-10H2,(H,21,24)/b17-13-. The highest BCUT2D eigenvalue weighted by molar-refractivity contribution is 6.14. The van der Waals surface area contributed by atoms with Crippen LogP contribution >= 0.6 is 0 Å². The van der Waals surface area contributed by atoms with Crippen LogP contribution in [0, 0.1) is 0 Å². The van der Waals surface area contributed by atoms with Crippen LogP contribution in [-0.4, -0.2) is 22.9 Å². The van der Waals surface area contributed by atoms with E-state index in [0.717, 1.165) is 37.0 Å². The van der Waals surface area contributed by atoms with Crippen LogP contribution in [-0.2, 0) is 4.79 Å². The van der Waals surface area contributed by atoms with E-state index in [9.17, 15) is 9.59 Å². The van der Waals surface area contributed by atoms with Crippen LogP contribution in [0.1, 0.15) is 37.9 Å². The molecular formula is C20H20N2O3. The quantitative estimate of drug-likeness (QED) is 0.676. The van der Waals surface area contributed by atoms with E-state index in [-0.39, 0.29) is 23.7 Å². The number of carbonyl (C=O) groups is 2. The number of benzene rings is 1. The molecule has 0 bridgehead atoms. The molecule has 0 atom stereocenters. The molecule has 1 N–H and O–H groups in total. The highest BCUT2D eigenvalue weighted by Crippen LogP contribution is 2.28. The van der Waals surface area contributed by atoms with Crippen LogP contribution in [0.5, 0.6) is 0 Å². The summed E-state index contributed by atoms with van der Waals surface area (Å²) in [6.45, 7) is 0. The van der Waals surface area contributed by atoms with Gasteiger partial charge in [0.05, 0.1) is 0 Å². The third-order valence-electron chi connectivity index (χ3n) is 4.82. The van der Waals surface area contributed by atoms with Gasteiger partial charge in [-0.25, -0.2) is 4.79 Å². The van der Waals surface area contributed by atoms with E-state index >= 15 is 0 Å². The second-order valence-corrected chi connectivity index (χ2v) is 6.52. The van der Waals surface area contributed by atoms with E-state index in [4.69, 9.17) is 4.42 Å². The molecule has 1 aromatic carbocycles. The number of imide groups is 1. The van der Waals surface area contributed by atoms with Gasteiger partial charge < -0.3 is 9.73 Å². The lowest BCUT2D eigenvalue weighted by molar-refractivity contribution is -0.124. The summed E-state index contributed by atoms with van der Waals surface area (Å²) in [7, 11) is 0. The summed E-state index contributed by atoms with van der Waals surface area (Å²) < 4.78 is 5.80. The molecule has 2 aromatic rings. The number of nitrogens with one attached hydrogen (secondary N) is 1. The minimum atomic E-state index is -0.321. The second-order valence-electron chi connectivity index (χ2n) is 6.52. The number of nitrogens with zero attached hydrogens (tertiary/aromatic N) is 1. The third-order valence-corrected chi connectivity index (χ3v) is 4.82. The summed E-state index contributed by atoms with van der Waals surface area (Å²) in [4.78, 5) is 26.2. The zero-order valence-corrected chi connectivity index (χ0v) is 13.9. The molecule has 2 heterocycles. The zero-order chi connectivity index (χ0) is 17.2. The van der Waals surface area contributed by atoms with Crippen molar-refractivity contribution in [3.8, 4) is 11.3 Å². The number of amides is 3. The highest BCUT2D eigenvalue weighted by atomic mass is 16.3. The van der Waals surface area contributed by atoms with Crippen molar-refractivity contribution in [2.45, 2.75) is 38.1 Å². The molecule has 2 fully saturated rings. The molecule has 0 radical (unpaired) electrons. The SMILES string of the molecule is O=C1N/C(=C\c2ccc(-c3ccccc3)o2)C(=O)N1C1CCCCC1. The van der Waals surface area contributed by atoms with Gasteiger partial charge in [0.2, 0.25) is 0 Å². The minimum absolute atomic E-state index is 0.0173. The average Bonchev–Trinajstić information content (AvgIpc) is 3.22. The first-order valence-corrected chi connectivity index (χ1v) is 8.74. The maximum Gasteiger partial charge on any atom is 0.329 e. The van der Waals surface area contributed by atoms with Crippen LogP contribution in [0.4, 0.5) is 4.79 Å². The maximum atomic E-state index is 12.6. The summed E-state index contributed by atoms with van der Waals surface area (Å²) >= 11 is 0. The van der Waals surface area contributed by atoms with E-state index < -0.39 is 0 Å². The van der Waals surface area contributed by atoms with Crippen molar-refractivity contribution in [3.05, 3.63) is 53.9 Å².